The summed E-state index contributed by atoms with van der Waals surface area (Å²) < 4.78 is 13.3. The lowest BCUT2D eigenvalue weighted by Crippen LogP contribution is -1.96. The molecule has 3 heteroatoms. The summed E-state index contributed by atoms with van der Waals surface area (Å²) in [5, 5.41) is 9.98. The summed E-state index contributed by atoms with van der Waals surface area (Å²) in [6.45, 7) is 0. The van der Waals surface area contributed by atoms with E-state index in [1.807, 2.05) is 0 Å². The van der Waals surface area contributed by atoms with E-state index in [0.29, 0.717) is 10.8 Å². The van der Waals surface area contributed by atoms with Crippen LogP contribution in [0.2, 0.25) is 0 Å². The molecule has 0 atom stereocenters. The molecule has 0 aliphatic heterocycles. The van der Waals surface area contributed by atoms with Crippen LogP contribution in [0, 0.1) is 18.2 Å². The lowest BCUT2D eigenvalue weighted by Gasteiger charge is -2.03. The second kappa shape index (κ2) is 3.67. The highest BCUT2D eigenvalue weighted by Crippen LogP contribution is 2.22. The van der Waals surface area contributed by atoms with E-state index in [9.17, 15) is 9.18 Å². The zero-order chi connectivity index (χ0) is 11.7. The quantitative estimate of drug-likeness (QED) is 0.741. The zero-order valence-corrected chi connectivity index (χ0v) is 8.20. The van der Waals surface area contributed by atoms with Crippen molar-refractivity contribution in [2.24, 2.45) is 0 Å². The molecule has 0 amide bonds. The van der Waals surface area contributed by atoms with Gasteiger partial charge in [0.2, 0.25) is 0 Å². The van der Waals surface area contributed by atoms with E-state index in [0.717, 1.165) is 0 Å². The fraction of sp³-hybridized carbons (Fsp3) is 0. The number of fused-ring (bicyclic) bond motifs is 1. The maximum absolute atomic E-state index is 13.3. The third kappa shape index (κ3) is 1.51. The van der Waals surface area contributed by atoms with Gasteiger partial charge in [-0.25, -0.2) is 9.18 Å². The molecule has 2 rings (SSSR count). The molecule has 2 aromatic rings. The van der Waals surface area contributed by atoms with Crippen molar-refractivity contribution >= 4 is 16.7 Å². The van der Waals surface area contributed by atoms with Gasteiger partial charge in [0, 0.05) is 5.39 Å². The minimum Gasteiger partial charge on any atom is -0.478 e. The van der Waals surface area contributed by atoms with Gasteiger partial charge in [-0.2, -0.15) is 0 Å². The monoisotopic (exact) mass is 214 g/mol. The molecule has 16 heavy (non-hydrogen) atoms. The molecule has 0 unspecified atom stereocenters. The molecule has 0 radical (unpaired) electrons. The number of carboxylic acid groups (broad SMARTS) is 1. The first-order chi connectivity index (χ1) is 7.63. The van der Waals surface area contributed by atoms with E-state index in [-0.39, 0.29) is 11.1 Å². The van der Waals surface area contributed by atoms with E-state index < -0.39 is 11.8 Å². The van der Waals surface area contributed by atoms with Crippen LogP contribution in [0.15, 0.2) is 30.3 Å². The largest absolute Gasteiger partial charge is 0.478 e. The van der Waals surface area contributed by atoms with Crippen LogP contribution >= 0.6 is 0 Å². The van der Waals surface area contributed by atoms with Crippen LogP contribution in [-0.4, -0.2) is 11.1 Å². The molecular weight excluding hydrogens is 207 g/mol. The summed E-state index contributed by atoms with van der Waals surface area (Å²) >= 11 is 0. The Hall–Kier alpha value is -2.34. The van der Waals surface area contributed by atoms with Crippen molar-refractivity contribution < 1.29 is 14.3 Å². The van der Waals surface area contributed by atoms with Crippen LogP contribution < -0.4 is 0 Å². The predicted molar refractivity (Wildman–Crippen MR) is 58.8 cm³/mol. The fourth-order valence-corrected chi connectivity index (χ4v) is 1.58. The van der Waals surface area contributed by atoms with Gasteiger partial charge < -0.3 is 5.11 Å². The lowest BCUT2D eigenvalue weighted by molar-refractivity contribution is 0.0697. The van der Waals surface area contributed by atoms with Gasteiger partial charge in [0.05, 0.1) is 11.1 Å². The van der Waals surface area contributed by atoms with Gasteiger partial charge in [0.25, 0.3) is 0 Å². The molecular formula is C13H7FO2. The lowest BCUT2D eigenvalue weighted by atomic mass is 10.0. The van der Waals surface area contributed by atoms with Crippen LogP contribution in [0.25, 0.3) is 10.8 Å². The number of hydrogen-bond donors (Lipinski definition) is 1. The van der Waals surface area contributed by atoms with Crippen molar-refractivity contribution in [1.82, 2.24) is 0 Å². The molecule has 2 nitrogen and oxygen atoms in total. The van der Waals surface area contributed by atoms with Gasteiger partial charge in [-0.1, -0.05) is 18.1 Å². The molecule has 2 aromatic carbocycles. The smallest absolute Gasteiger partial charge is 0.335 e. The number of hydrogen-bond acceptors (Lipinski definition) is 1. The van der Waals surface area contributed by atoms with Gasteiger partial charge in [0.15, 0.2) is 0 Å². The SMILES string of the molecule is C#Cc1c(F)ccc2cc(C(=O)O)ccc12. The molecule has 0 aliphatic rings. The minimum atomic E-state index is -1.02. The Morgan fingerprint density at radius 3 is 2.69 bits per heavy atom. The highest BCUT2D eigenvalue weighted by atomic mass is 19.1. The van der Waals surface area contributed by atoms with Crippen molar-refractivity contribution in [2.45, 2.75) is 0 Å². The zero-order valence-electron chi connectivity index (χ0n) is 8.20. The van der Waals surface area contributed by atoms with Gasteiger partial charge >= 0.3 is 5.97 Å². The van der Waals surface area contributed by atoms with Crippen molar-refractivity contribution in [3.63, 3.8) is 0 Å². The highest BCUT2D eigenvalue weighted by molar-refractivity contribution is 5.96. The Morgan fingerprint density at radius 1 is 1.31 bits per heavy atom. The summed E-state index contributed by atoms with van der Waals surface area (Å²) in [6, 6.07) is 7.15. The third-order valence-electron chi connectivity index (χ3n) is 2.36. The van der Waals surface area contributed by atoms with E-state index in [4.69, 9.17) is 11.5 Å². The van der Waals surface area contributed by atoms with E-state index in [1.54, 1.807) is 0 Å². The van der Waals surface area contributed by atoms with Crippen molar-refractivity contribution in [1.29, 1.82) is 0 Å². The van der Waals surface area contributed by atoms with Crippen LogP contribution in [0.4, 0.5) is 4.39 Å². The number of aromatic carboxylic acids is 1. The number of halogens is 1. The van der Waals surface area contributed by atoms with Gasteiger partial charge in [-0.15, -0.1) is 6.42 Å². The van der Waals surface area contributed by atoms with Gasteiger partial charge in [-0.05, 0) is 23.6 Å². The van der Waals surface area contributed by atoms with E-state index in [1.165, 1.54) is 30.3 Å². The molecule has 1 N–H and O–H groups in total. The van der Waals surface area contributed by atoms with Gasteiger partial charge in [-0.3, -0.25) is 0 Å². The Balaban J connectivity index is 2.80. The third-order valence-corrected chi connectivity index (χ3v) is 2.36. The molecule has 0 saturated carbocycles. The minimum absolute atomic E-state index is 0.155. The first kappa shape index (κ1) is 10.2. The number of carboxylic acids is 1. The van der Waals surface area contributed by atoms with Crippen molar-refractivity contribution in [3.05, 3.63) is 47.3 Å². The summed E-state index contributed by atoms with van der Waals surface area (Å²) in [5.41, 5.74) is 0.316. The molecule has 0 bridgehead atoms. The Labute approximate surface area is 91.3 Å². The molecule has 0 spiro atoms. The van der Waals surface area contributed by atoms with E-state index in [2.05, 4.69) is 5.92 Å². The van der Waals surface area contributed by atoms with Crippen molar-refractivity contribution in [2.75, 3.05) is 0 Å². The highest BCUT2D eigenvalue weighted by Gasteiger charge is 2.08. The molecule has 0 heterocycles. The Bertz CT molecular complexity index is 624. The van der Waals surface area contributed by atoms with Crippen LogP contribution in [0.3, 0.4) is 0 Å². The average Bonchev–Trinajstić information content (AvgIpc) is 2.28. The average molecular weight is 214 g/mol. The van der Waals surface area contributed by atoms with Crippen LogP contribution in [0.5, 0.6) is 0 Å². The maximum atomic E-state index is 13.3. The number of terminal acetylenes is 1. The molecule has 0 fully saturated rings. The first-order valence-electron chi connectivity index (χ1n) is 4.55. The van der Waals surface area contributed by atoms with E-state index >= 15 is 0 Å². The van der Waals surface area contributed by atoms with Crippen LogP contribution in [-0.2, 0) is 0 Å². The molecule has 78 valence electrons. The summed E-state index contributed by atoms with van der Waals surface area (Å²) in [4.78, 5) is 10.8. The standard InChI is InChI=1S/C13H7FO2/c1-2-10-11-5-3-9(13(15)16)7-8(11)4-6-12(10)14/h1,3-7H,(H,15,16). The normalized spacial score (nSPS) is 10.0. The maximum Gasteiger partial charge on any atom is 0.335 e. The summed E-state index contributed by atoms with van der Waals surface area (Å²) in [7, 11) is 0. The Morgan fingerprint density at radius 2 is 2.06 bits per heavy atom. The summed E-state index contributed by atoms with van der Waals surface area (Å²) in [6.07, 6.45) is 5.21. The second-order valence-corrected chi connectivity index (χ2v) is 3.31. The van der Waals surface area contributed by atoms with Gasteiger partial charge in [0.1, 0.15) is 5.82 Å². The summed E-state index contributed by atoms with van der Waals surface area (Å²) in [5.74, 6) is 0.771. The molecule has 0 aliphatic carbocycles. The Kier molecular flexibility index (Phi) is 2.34. The topological polar surface area (TPSA) is 37.3 Å². The second-order valence-electron chi connectivity index (χ2n) is 3.31. The predicted octanol–water partition coefficient (Wildman–Crippen LogP) is 2.66. The molecule has 0 aromatic heterocycles. The first-order valence-corrected chi connectivity index (χ1v) is 4.55. The number of carbonyl (C=O) groups is 1. The number of rotatable bonds is 1. The molecule has 0 saturated heterocycles. The number of benzene rings is 2. The fourth-order valence-electron chi connectivity index (χ4n) is 1.58. The van der Waals surface area contributed by atoms with Crippen molar-refractivity contribution in [3.8, 4) is 12.3 Å². The van der Waals surface area contributed by atoms with Crippen LogP contribution in [0.1, 0.15) is 15.9 Å².